The van der Waals surface area contributed by atoms with E-state index in [0.29, 0.717) is 27.8 Å². The summed E-state index contributed by atoms with van der Waals surface area (Å²) in [6.45, 7) is -0.386. The molecule has 6 nitrogen and oxygen atoms in total. The lowest BCUT2D eigenvalue weighted by molar-refractivity contribution is -0.119. The van der Waals surface area contributed by atoms with Crippen LogP contribution < -0.4 is 5.32 Å². The Kier molecular flexibility index (Phi) is 6.24. The summed E-state index contributed by atoms with van der Waals surface area (Å²) >= 11 is 1.53. The van der Waals surface area contributed by atoms with Gasteiger partial charge in [-0.15, -0.1) is 11.8 Å². The molecule has 0 saturated carbocycles. The number of hydrogen-bond acceptors (Lipinski definition) is 6. The molecule has 0 aliphatic carbocycles. The number of carbonyl (C=O) groups excluding carboxylic acids is 2. The molecular formula is C24H19N3O3S. The van der Waals surface area contributed by atoms with Crippen molar-refractivity contribution in [1.82, 2.24) is 9.97 Å². The summed E-state index contributed by atoms with van der Waals surface area (Å²) in [4.78, 5) is 34.8. The van der Waals surface area contributed by atoms with Crippen LogP contribution in [0, 0.1) is 0 Å². The largest absolute Gasteiger partial charge is 0.452 e. The molecule has 4 rings (SSSR count). The van der Waals surface area contributed by atoms with Crippen LogP contribution in [0.25, 0.3) is 22.2 Å². The normalized spacial score (nSPS) is 10.6. The third kappa shape index (κ3) is 4.73. The maximum absolute atomic E-state index is 12.9. The minimum absolute atomic E-state index is 0.356. The smallest absolute Gasteiger partial charge is 0.339 e. The molecule has 0 unspecified atom stereocenters. The lowest BCUT2D eigenvalue weighted by atomic mass is 10.0. The molecule has 7 heteroatoms. The van der Waals surface area contributed by atoms with Gasteiger partial charge < -0.3 is 10.1 Å². The number of hydrogen-bond donors (Lipinski definition) is 1. The highest BCUT2D eigenvalue weighted by Gasteiger charge is 2.17. The highest BCUT2D eigenvalue weighted by atomic mass is 32.2. The summed E-state index contributed by atoms with van der Waals surface area (Å²) in [7, 11) is 0. The molecule has 0 atom stereocenters. The number of anilines is 1. The summed E-state index contributed by atoms with van der Waals surface area (Å²) in [5.41, 5.74) is 3.18. The van der Waals surface area contributed by atoms with E-state index in [0.717, 1.165) is 10.5 Å². The number of ether oxygens (including phenoxy) is 1. The number of para-hydroxylation sites is 2. The highest BCUT2D eigenvalue weighted by molar-refractivity contribution is 7.98. The second kappa shape index (κ2) is 9.40. The van der Waals surface area contributed by atoms with E-state index in [1.807, 2.05) is 66.9 Å². The Balaban J connectivity index is 1.55. The number of fused-ring (bicyclic) bond motifs is 1. The Morgan fingerprint density at radius 3 is 2.55 bits per heavy atom. The van der Waals surface area contributed by atoms with Crippen LogP contribution in [0.1, 0.15) is 10.4 Å². The zero-order chi connectivity index (χ0) is 21.6. The number of pyridine rings is 2. The molecule has 4 aromatic rings. The van der Waals surface area contributed by atoms with Gasteiger partial charge in [0, 0.05) is 28.2 Å². The Morgan fingerprint density at radius 2 is 1.74 bits per heavy atom. The van der Waals surface area contributed by atoms with Crippen LogP contribution in [-0.2, 0) is 9.53 Å². The van der Waals surface area contributed by atoms with Crippen molar-refractivity contribution in [3.05, 3.63) is 84.7 Å². The van der Waals surface area contributed by atoms with Gasteiger partial charge in [-0.3, -0.25) is 9.78 Å². The third-order valence-corrected chi connectivity index (χ3v) is 5.42. The van der Waals surface area contributed by atoms with Crippen molar-refractivity contribution in [1.29, 1.82) is 0 Å². The first-order valence-corrected chi connectivity index (χ1v) is 10.8. The number of thioether (sulfide) groups is 1. The Bertz CT molecular complexity index is 1250. The van der Waals surface area contributed by atoms with Crippen LogP contribution in [0.2, 0.25) is 0 Å². The summed E-state index contributed by atoms with van der Waals surface area (Å²) in [5.74, 6) is -0.982. The number of nitrogens with zero attached hydrogens (tertiary/aromatic N) is 2. The van der Waals surface area contributed by atoms with Crippen LogP contribution in [0.4, 0.5) is 5.69 Å². The Labute approximate surface area is 183 Å². The van der Waals surface area contributed by atoms with Gasteiger partial charge in [-0.1, -0.05) is 30.3 Å². The van der Waals surface area contributed by atoms with E-state index in [9.17, 15) is 9.59 Å². The van der Waals surface area contributed by atoms with E-state index in [4.69, 9.17) is 4.74 Å². The first-order valence-electron chi connectivity index (χ1n) is 9.56. The monoisotopic (exact) mass is 429 g/mol. The Hall–Kier alpha value is -3.71. The molecule has 0 saturated heterocycles. The summed E-state index contributed by atoms with van der Waals surface area (Å²) < 4.78 is 5.34. The molecule has 2 aromatic heterocycles. The number of benzene rings is 2. The van der Waals surface area contributed by atoms with Gasteiger partial charge in [0.1, 0.15) is 0 Å². The van der Waals surface area contributed by atoms with Crippen molar-refractivity contribution in [2.24, 2.45) is 0 Å². The standard InChI is InChI=1S/C24H19N3O3S/c1-31-22-9-5-4-8-20(22)27-23(28)15-30-24(29)18-14-21(16-10-12-25-13-11-16)26-19-7-3-2-6-17(18)19/h2-14H,15H2,1H3,(H,27,28). The molecule has 154 valence electrons. The van der Waals surface area contributed by atoms with Crippen molar-refractivity contribution < 1.29 is 14.3 Å². The first kappa shape index (κ1) is 20.6. The highest BCUT2D eigenvalue weighted by Crippen LogP contribution is 2.26. The second-order valence-electron chi connectivity index (χ2n) is 6.63. The summed E-state index contributed by atoms with van der Waals surface area (Å²) in [5, 5.41) is 3.45. The fourth-order valence-corrected chi connectivity index (χ4v) is 3.71. The van der Waals surface area contributed by atoms with Crippen LogP contribution in [-0.4, -0.2) is 34.7 Å². The maximum Gasteiger partial charge on any atom is 0.339 e. The number of amides is 1. The average molecular weight is 430 g/mol. The lowest BCUT2D eigenvalue weighted by Gasteiger charge is -2.11. The molecular weight excluding hydrogens is 410 g/mol. The molecule has 0 aliphatic heterocycles. The molecule has 31 heavy (non-hydrogen) atoms. The topological polar surface area (TPSA) is 81.2 Å². The minimum atomic E-state index is -0.581. The van der Waals surface area contributed by atoms with Crippen LogP contribution in [0.3, 0.4) is 0 Å². The number of esters is 1. The zero-order valence-corrected chi connectivity index (χ0v) is 17.6. The van der Waals surface area contributed by atoms with Gasteiger partial charge in [0.15, 0.2) is 6.61 Å². The van der Waals surface area contributed by atoms with Gasteiger partial charge in [-0.25, -0.2) is 9.78 Å². The van der Waals surface area contributed by atoms with Crippen LogP contribution in [0.5, 0.6) is 0 Å². The van der Waals surface area contributed by atoms with Gasteiger partial charge in [0.25, 0.3) is 5.91 Å². The lowest BCUT2D eigenvalue weighted by Crippen LogP contribution is -2.21. The molecule has 0 spiro atoms. The number of aromatic nitrogens is 2. The predicted octanol–water partition coefficient (Wildman–Crippen LogP) is 4.81. The maximum atomic E-state index is 12.9. The van der Waals surface area contributed by atoms with Crippen molar-refractivity contribution in [2.75, 3.05) is 18.2 Å². The van der Waals surface area contributed by atoms with Gasteiger partial charge in [-0.2, -0.15) is 0 Å². The molecule has 2 heterocycles. The third-order valence-electron chi connectivity index (χ3n) is 4.63. The van der Waals surface area contributed by atoms with Crippen LogP contribution in [0.15, 0.2) is 84.0 Å². The molecule has 1 N–H and O–H groups in total. The molecule has 0 fully saturated rings. The molecule has 0 radical (unpaired) electrons. The van der Waals surface area contributed by atoms with Gasteiger partial charge in [0.2, 0.25) is 0 Å². The van der Waals surface area contributed by atoms with Crippen LogP contribution >= 0.6 is 11.8 Å². The van der Waals surface area contributed by atoms with E-state index >= 15 is 0 Å². The fraction of sp³-hybridized carbons (Fsp3) is 0.0833. The van der Waals surface area contributed by atoms with Crippen molar-refractivity contribution in [3.8, 4) is 11.3 Å². The van der Waals surface area contributed by atoms with Gasteiger partial charge in [0.05, 0.1) is 22.5 Å². The minimum Gasteiger partial charge on any atom is -0.452 e. The fourth-order valence-electron chi connectivity index (χ4n) is 3.16. The summed E-state index contributed by atoms with van der Waals surface area (Å²) in [6.07, 6.45) is 5.27. The van der Waals surface area contributed by atoms with Gasteiger partial charge in [-0.05, 0) is 42.7 Å². The zero-order valence-electron chi connectivity index (χ0n) is 16.7. The molecule has 0 aliphatic rings. The van der Waals surface area contributed by atoms with E-state index in [-0.39, 0.29) is 6.61 Å². The average Bonchev–Trinajstić information content (AvgIpc) is 2.82. The number of carbonyl (C=O) groups is 2. The number of rotatable bonds is 6. The van der Waals surface area contributed by atoms with E-state index in [2.05, 4.69) is 15.3 Å². The predicted molar refractivity (Wildman–Crippen MR) is 122 cm³/mol. The van der Waals surface area contributed by atoms with Crippen molar-refractivity contribution >= 4 is 40.2 Å². The SMILES string of the molecule is CSc1ccccc1NC(=O)COC(=O)c1cc(-c2ccncc2)nc2ccccc12. The molecule has 1 amide bonds. The molecule has 0 bridgehead atoms. The quantitative estimate of drug-likeness (QED) is 0.350. The first-order chi connectivity index (χ1) is 15.2. The van der Waals surface area contributed by atoms with E-state index in [1.54, 1.807) is 18.5 Å². The van der Waals surface area contributed by atoms with E-state index < -0.39 is 11.9 Å². The van der Waals surface area contributed by atoms with Gasteiger partial charge >= 0.3 is 5.97 Å². The molecule has 2 aromatic carbocycles. The summed E-state index contributed by atoms with van der Waals surface area (Å²) in [6, 6.07) is 20.1. The van der Waals surface area contributed by atoms with Crippen molar-refractivity contribution in [3.63, 3.8) is 0 Å². The second-order valence-corrected chi connectivity index (χ2v) is 7.48. The van der Waals surface area contributed by atoms with Crippen molar-refractivity contribution in [2.45, 2.75) is 4.90 Å². The number of nitrogens with one attached hydrogen (secondary N) is 1. The Morgan fingerprint density at radius 1 is 1.00 bits per heavy atom. The van der Waals surface area contributed by atoms with E-state index in [1.165, 1.54) is 11.8 Å².